The molecule has 0 radical (unpaired) electrons. The minimum atomic E-state index is 0.264. The summed E-state index contributed by atoms with van der Waals surface area (Å²) in [5.41, 5.74) is 7.47. The number of nitrogens with zero attached hydrogens (tertiary/aromatic N) is 2. The molecule has 0 spiro atoms. The molecule has 1 aliphatic rings. The Balaban J connectivity index is 1.76. The van der Waals surface area contributed by atoms with E-state index in [2.05, 4.69) is 11.3 Å². The third kappa shape index (κ3) is 3.06. The van der Waals surface area contributed by atoms with Gasteiger partial charge in [-0.1, -0.05) is 0 Å². The average Bonchev–Trinajstić information content (AvgIpc) is 2.73. The molecule has 2 N–H and O–H groups in total. The highest BCUT2D eigenvalue weighted by molar-refractivity contribution is 5.04. The Morgan fingerprint density at radius 2 is 2.56 bits per heavy atom. The van der Waals surface area contributed by atoms with Gasteiger partial charge in [-0.2, -0.15) is 5.10 Å². The van der Waals surface area contributed by atoms with Crippen LogP contribution in [0.25, 0.3) is 0 Å². The van der Waals surface area contributed by atoms with Gasteiger partial charge in [-0.05, 0) is 37.2 Å². The van der Waals surface area contributed by atoms with E-state index in [4.69, 9.17) is 10.5 Å². The Hall–Kier alpha value is -0.870. The normalized spacial score (nSPS) is 23.2. The van der Waals surface area contributed by atoms with Crippen LogP contribution >= 0.6 is 0 Å². The van der Waals surface area contributed by atoms with E-state index in [1.165, 1.54) is 12.0 Å². The Morgan fingerprint density at radius 3 is 3.19 bits per heavy atom. The zero-order chi connectivity index (χ0) is 11.4. The van der Waals surface area contributed by atoms with Crippen molar-refractivity contribution in [2.75, 3.05) is 13.2 Å². The SMILES string of the molecule is Cn1cc(CCC(N)C2CCCOC2)cn1. The first-order chi connectivity index (χ1) is 7.75. The molecule has 16 heavy (non-hydrogen) atoms. The molecule has 1 aromatic rings. The van der Waals surface area contributed by atoms with E-state index in [-0.39, 0.29) is 6.04 Å². The largest absolute Gasteiger partial charge is 0.381 e. The van der Waals surface area contributed by atoms with Gasteiger partial charge in [0.1, 0.15) is 0 Å². The predicted octanol–water partition coefficient (Wildman–Crippen LogP) is 1.11. The first-order valence-corrected chi connectivity index (χ1v) is 6.06. The van der Waals surface area contributed by atoms with Gasteiger partial charge in [0, 0.05) is 25.9 Å². The lowest BCUT2D eigenvalue weighted by molar-refractivity contribution is 0.0439. The number of aryl methyl sites for hydroxylation is 2. The van der Waals surface area contributed by atoms with Gasteiger partial charge in [0.2, 0.25) is 0 Å². The Kier molecular flexibility index (Phi) is 3.96. The molecule has 0 aromatic carbocycles. The molecule has 1 fully saturated rings. The van der Waals surface area contributed by atoms with Gasteiger partial charge < -0.3 is 10.5 Å². The molecule has 2 heterocycles. The van der Waals surface area contributed by atoms with Gasteiger partial charge in [0.15, 0.2) is 0 Å². The van der Waals surface area contributed by atoms with Gasteiger partial charge in [-0.25, -0.2) is 0 Å². The fourth-order valence-electron chi connectivity index (χ4n) is 2.27. The maximum atomic E-state index is 6.20. The number of ether oxygens (including phenoxy) is 1. The van der Waals surface area contributed by atoms with Crippen LogP contribution in [0.1, 0.15) is 24.8 Å². The smallest absolute Gasteiger partial charge is 0.0521 e. The molecule has 2 atom stereocenters. The minimum absolute atomic E-state index is 0.264. The second kappa shape index (κ2) is 5.46. The standard InChI is InChI=1S/C12H21N3O/c1-15-8-10(7-14-15)4-5-12(13)11-3-2-6-16-9-11/h7-8,11-12H,2-6,9,13H2,1H3. The van der Waals surface area contributed by atoms with E-state index < -0.39 is 0 Å². The van der Waals surface area contributed by atoms with Gasteiger partial charge >= 0.3 is 0 Å². The summed E-state index contributed by atoms with van der Waals surface area (Å²) in [6, 6.07) is 0.264. The first kappa shape index (κ1) is 11.6. The van der Waals surface area contributed by atoms with Crippen molar-refractivity contribution in [2.45, 2.75) is 31.7 Å². The third-order valence-corrected chi connectivity index (χ3v) is 3.33. The molecule has 0 saturated carbocycles. The van der Waals surface area contributed by atoms with Crippen molar-refractivity contribution in [1.29, 1.82) is 0 Å². The molecule has 0 amide bonds. The molecule has 0 bridgehead atoms. The van der Waals surface area contributed by atoms with Crippen LogP contribution in [0.4, 0.5) is 0 Å². The second-order valence-corrected chi connectivity index (χ2v) is 4.70. The van der Waals surface area contributed by atoms with Gasteiger partial charge in [-0.3, -0.25) is 4.68 Å². The van der Waals surface area contributed by atoms with E-state index in [9.17, 15) is 0 Å². The van der Waals surface area contributed by atoms with Crippen molar-refractivity contribution < 1.29 is 4.74 Å². The van der Waals surface area contributed by atoms with Crippen LogP contribution in [-0.2, 0) is 18.2 Å². The lowest BCUT2D eigenvalue weighted by Gasteiger charge is -2.27. The lowest BCUT2D eigenvalue weighted by Crippen LogP contribution is -2.36. The molecular weight excluding hydrogens is 202 g/mol. The molecule has 4 heteroatoms. The summed E-state index contributed by atoms with van der Waals surface area (Å²) in [6.07, 6.45) is 8.40. The van der Waals surface area contributed by atoms with Crippen LogP contribution in [0, 0.1) is 5.92 Å². The summed E-state index contributed by atoms with van der Waals surface area (Å²) in [7, 11) is 1.94. The fraction of sp³-hybridized carbons (Fsp3) is 0.750. The van der Waals surface area contributed by atoms with E-state index >= 15 is 0 Å². The van der Waals surface area contributed by atoms with Crippen LogP contribution in [-0.4, -0.2) is 29.0 Å². The molecule has 4 nitrogen and oxygen atoms in total. The summed E-state index contributed by atoms with van der Waals surface area (Å²) in [4.78, 5) is 0. The third-order valence-electron chi connectivity index (χ3n) is 3.33. The summed E-state index contributed by atoms with van der Waals surface area (Å²) >= 11 is 0. The second-order valence-electron chi connectivity index (χ2n) is 4.70. The van der Waals surface area contributed by atoms with Crippen molar-refractivity contribution in [3.8, 4) is 0 Å². The number of aromatic nitrogens is 2. The molecule has 90 valence electrons. The monoisotopic (exact) mass is 223 g/mol. The summed E-state index contributed by atoms with van der Waals surface area (Å²) < 4.78 is 7.30. The number of rotatable bonds is 4. The lowest BCUT2D eigenvalue weighted by atomic mass is 9.91. The molecule has 1 aliphatic heterocycles. The van der Waals surface area contributed by atoms with E-state index in [1.807, 2.05) is 17.9 Å². The minimum Gasteiger partial charge on any atom is -0.381 e. The number of nitrogens with two attached hydrogens (primary N) is 1. The van der Waals surface area contributed by atoms with Crippen LogP contribution in [0.2, 0.25) is 0 Å². The molecule has 0 aliphatic carbocycles. The van der Waals surface area contributed by atoms with Crippen LogP contribution in [0.3, 0.4) is 0 Å². The topological polar surface area (TPSA) is 53.1 Å². The zero-order valence-corrected chi connectivity index (χ0v) is 9.93. The highest BCUT2D eigenvalue weighted by atomic mass is 16.5. The van der Waals surface area contributed by atoms with E-state index in [0.717, 1.165) is 32.5 Å². The van der Waals surface area contributed by atoms with E-state index in [0.29, 0.717) is 5.92 Å². The predicted molar refractivity (Wildman–Crippen MR) is 63.0 cm³/mol. The van der Waals surface area contributed by atoms with Crippen molar-refractivity contribution in [3.05, 3.63) is 18.0 Å². The van der Waals surface area contributed by atoms with Crippen LogP contribution in [0.15, 0.2) is 12.4 Å². The molecular formula is C12H21N3O. The molecule has 1 aromatic heterocycles. The maximum Gasteiger partial charge on any atom is 0.0521 e. The highest BCUT2D eigenvalue weighted by Crippen LogP contribution is 2.19. The summed E-state index contributed by atoms with van der Waals surface area (Å²) in [6.45, 7) is 1.75. The highest BCUT2D eigenvalue weighted by Gasteiger charge is 2.20. The number of hydrogen-bond donors (Lipinski definition) is 1. The summed E-state index contributed by atoms with van der Waals surface area (Å²) in [5, 5.41) is 4.16. The fourth-order valence-corrected chi connectivity index (χ4v) is 2.27. The molecule has 2 rings (SSSR count). The Labute approximate surface area is 96.8 Å². The Morgan fingerprint density at radius 1 is 1.69 bits per heavy atom. The molecule has 2 unspecified atom stereocenters. The summed E-state index contributed by atoms with van der Waals surface area (Å²) in [5.74, 6) is 0.547. The van der Waals surface area contributed by atoms with Crippen LogP contribution < -0.4 is 5.73 Å². The van der Waals surface area contributed by atoms with E-state index in [1.54, 1.807) is 0 Å². The van der Waals surface area contributed by atoms with Gasteiger partial charge in [0.25, 0.3) is 0 Å². The van der Waals surface area contributed by atoms with Gasteiger partial charge in [0.05, 0.1) is 12.8 Å². The average molecular weight is 223 g/mol. The van der Waals surface area contributed by atoms with Gasteiger partial charge in [-0.15, -0.1) is 0 Å². The van der Waals surface area contributed by atoms with Crippen molar-refractivity contribution >= 4 is 0 Å². The number of hydrogen-bond acceptors (Lipinski definition) is 3. The first-order valence-electron chi connectivity index (χ1n) is 6.06. The van der Waals surface area contributed by atoms with Crippen molar-refractivity contribution in [3.63, 3.8) is 0 Å². The maximum absolute atomic E-state index is 6.20. The van der Waals surface area contributed by atoms with Crippen molar-refractivity contribution in [2.24, 2.45) is 18.7 Å². The van der Waals surface area contributed by atoms with Crippen LogP contribution in [0.5, 0.6) is 0 Å². The Bertz CT molecular complexity index is 318. The van der Waals surface area contributed by atoms with Crippen molar-refractivity contribution in [1.82, 2.24) is 9.78 Å². The molecule has 1 saturated heterocycles. The quantitative estimate of drug-likeness (QED) is 0.832. The zero-order valence-electron chi connectivity index (χ0n) is 9.93.